The van der Waals surface area contributed by atoms with Crippen LogP contribution in [0.5, 0.6) is 0 Å². The highest BCUT2D eigenvalue weighted by Gasteiger charge is 2.22. The first-order chi connectivity index (χ1) is 5.15. The number of halogens is 2. The molecule has 1 rings (SSSR count). The Bertz CT molecular complexity index is 250. The Morgan fingerprint density at radius 3 is 2.67 bits per heavy atom. The first kappa shape index (κ1) is 11.1. The Hall–Kier alpha value is -0.870. The van der Waals surface area contributed by atoms with Crippen molar-refractivity contribution in [3.8, 4) is 0 Å². The summed E-state index contributed by atoms with van der Waals surface area (Å²) in [5.41, 5.74) is 5.86. The zero-order valence-electron chi connectivity index (χ0n) is 6.16. The van der Waals surface area contributed by atoms with Crippen molar-refractivity contribution in [2.75, 3.05) is 0 Å². The van der Waals surface area contributed by atoms with Gasteiger partial charge in [-0.15, -0.1) is 12.4 Å². The van der Waals surface area contributed by atoms with Gasteiger partial charge in [0.15, 0.2) is 0 Å². The average molecular weight is 194 g/mol. The van der Waals surface area contributed by atoms with Crippen molar-refractivity contribution >= 4 is 18.4 Å². The van der Waals surface area contributed by atoms with E-state index in [4.69, 9.17) is 10.8 Å². The van der Waals surface area contributed by atoms with E-state index in [0.717, 1.165) is 0 Å². The maximum absolute atomic E-state index is 11.9. The summed E-state index contributed by atoms with van der Waals surface area (Å²) in [5, 5.41) is 8.47. The lowest BCUT2D eigenvalue weighted by molar-refractivity contribution is -0.132. The molecule has 0 aromatic rings. The summed E-state index contributed by atoms with van der Waals surface area (Å²) in [6, 6.07) is -0.564. The molecule has 0 fully saturated rings. The maximum Gasteiger partial charge on any atom is 0.331 e. The van der Waals surface area contributed by atoms with Crippen LogP contribution in [-0.4, -0.2) is 17.1 Å². The highest BCUT2D eigenvalue weighted by atomic mass is 35.5. The minimum atomic E-state index is -1.03. The lowest BCUT2D eigenvalue weighted by Gasteiger charge is -1.98. The molecule has 0 aliphatic heterocycles. The van der Waals surface area contributed by atoms with Gasteiger partial charge in [0.25, 0.3) is 0 Å². The molecule has 68 valence electrons. The van der Waals surface area contributed by atoms with Gasteiger partial charge in [0, 0.05) is 18.0 Å². The van der Waals surface area contributed by atoms with Crippen LogP contribution < -0.4 is 5.73 Å². The van der Waals surface area contributed by atoms with Gasteiger partial charge >= 0.3 is 5.97 Å². The van der Waals surface area contributed by atoms with Gasteiger partial charge in [-0.05, 0) is 5.57 Å². The number of nitrogens with two attached hydrogens (primary N) is 1. The van der Waals surface area contributed by atoms with Crippen molar-refractivity contribution in [1.29, 1.82) is 0 Å². The number of carboxylic acid groups (broad SMARTS) is 1. The molecule has 0 saturated carbocycles. The third-order valence-corrected chi connectivity index (χ3v) is 1.62. The highest BCUT2D eigenvalue weighted by Crippen LogP contribution is 2.23. The number of aliphatic carboxylic acids is 1. The van der Waals surface area contributed by atoms with Crippen LogP contribution >= 0.6 is 12.4 Å². The second kappa shape index (κ2) is 4.23. The molecule has 3 N–H and O–H groups in total. The molecule has 1 aliphatic carbocycles. The number of rotatable bonds is 1. The van der Waals surface area contributed by atoms with Gasteiger partial charge in [0.1, 0.15) is 0 Å². The van der Waals surface area contributed by atoms with Gasteiger partial charge < -0.3 is 10.8 Å². The topological polar surface area (TPSA) is 63.3 Å². The first-order valence-corrected chi connectivity index (χ1v) is 3.14. The molecular weight excluding hydrogens is 185 g/mol. The van der Waals surface area contributed by atoms with E-state index < -0.39 is 12.0 Å². The SMILES string of the molecule is Cl.NC1C=C(C(=O)O)CC1=CF. The molecule has 5 heteroatoms. The minimum Gasteiger partial charge on any atom is -0.478 e. The van der Waals surface area contributed by atoms with Crippen molar-refractivity contribution in [2.45, 2.75) is 12.5 Å². The summed E-state index contributed by atoms with van der Waals surface area (Å²) in [6.07, 6.45) is 1.85. The molecule has 3 nitrogen and oxygen atoms in total. The number of hydrogen-bond acceptors (Lipinski definition) is 2. The van der Waals surface area contributed by atoms with Crippen molar-refractivity contribution in [2.24, 2.45) is 5.73 Å². The molecule has 1 unspecified atom stereocenters. The van der Waals surface area contributed by atoms with Crippen LogP contribution in [-0.2, 0) is 4.79 Å². The molecule has 1 atom stereocenters. The Kier molecular flexibility index (Phi) is 3.92. The number of hydrogen-bond donors (Lipinski definition) is 2. The largest absolute Gasteiger partial charge is 0.478 e. The molecule has 0 saturated heterocycles. The van der Waals surface area contributed by atoms with Crippen LogP contribution in [0.4, 0.5) is 4.39 Å². The van der Waals surface area contributed by atoms with Crippen LogP contribution in [0.2, 0.25) is 0 Å². The van der Waals surface area contributed by atoms with E-state index in [-0.39, 0.29) is 24.4 Å². The molecular formula is C7H9ClFNO2. The fourth-order valence-corrected chi connectivity index (χ4v) is 0.979. The molecule has 0 spiro atoms. The molecule has 1 aliphatic rings. The normalized spacial score (nSPS) is 25.0. The summed E-state index contributed by atoms with van der Waals surface area (Å²) < 4.78 is 11.9. The van der Waals surface area contributed by atoms with Crippen molar-refractivity contribution in [3.05, 3.63) is 23.6 Å². The molecule has 0 amide bonds. The van der Waals surface area contributed by atoms with Gasteiger partial charge in [-0.2, -0.15) is 0 Å². The van der Waals surface area contributed by atoms with Crippen LogP contribution in [0, 0.1) is 0 Å². The van der Waals surface area contributed by atoms with Crippen LogP contribution in [0.15, 0.2) is 23.6 Å². The maximum atomic E-state index is 11.9. The summed E-state index contributed by atoms with van der Waals surface area (Å²) in [4.78, 5) is 10.3. The van der Waals surface area contributed by atoms with Crippen molar-refractivity contribution in [3.63, 3.8) is 0 Å². The Labute approximate surface area is 75.2 Å². The summed E-state index contributed by atoms with van der Waals surface area (Å²) >= 11 is 0. The predicted octanol–water partition coefficient (Wildman–Crippen LogP) is 1.00. The Morgan fingerprint density at radius 2 is 2.42 bits per heavy atom. The first-order valence-electron chi connectivity index (χ1n) is 3.14. The fourth-order valence-electron chi connectivity index (χ4n) is 0.979. The van der Waals surface area contributed by atoms with E-state index >= 15 is 0 Å². The second-order valence-corrected chi connectivity index (χ2v) is 2.38. The average Bonchev–Trinajstić information content (AvgIpc) is 2.31. The molecule has 0 heterocycles. The zero-order valence-corrected chi connectivity index (χ0v) is 6.97. The van der Waals surface area contributed by atoms with Crippen LogP contribution in [0.1, 0.15) is 6.42 Å². The fraction of sp³-hybridized carbons (Fsp3) is 0.286. The summed E-state index contributed by atoms with van der Waals surface area (Å²) in [7, 11) is 0. The van der Waals surface area contributed by atoms with Gasteiger partial charge in [-0.1, -0.05) is 6.08 Å². The molecule has 0 radical (unpaired) electrons. The van der Waals surface area contributed by atoms with Crippen LogP contribution in [0.3, 0.4) is 0 Å². The molecule has 12 heavy (non-hydrogen) atoms. The van der Waals surface area contributed by atoms with Crippen molar-refractivity contribution < 1.29 is 14.3 Å². The predicted molar refractivity (Wildman–Crippen MR) is 44.8 cm³/mol. The minimum absolute atomic E-state index is 0. The van der Waals surface area contributed by atoms with Gasteiger partial charge in [0.05, 0.1) is 6.33 Å². The number of carbonyl (C=O) groups is 1. The smallest absolute Gasteiger partial charge is 0.331 e. The summed E-state index contributed by atoms with van der Waals surface area (Å²) in [5.74, 6) is -1.03. The van der Waals surface area contributed by atoms with Gasteiger partial charge in [0.2, 0.25) is 0 Å². The Morgan fingerprint density at radius 1 is 1.83 bits per heavy atom. The monoisotopic (exact) mass is 193 g/mol. The van der Waals surface area contributed by atoms with Gasteiger partial charge in [-0.3, -0.25) is 0 Å². The highest BCUT2D eigenvalue weighted by molar-refractivity contribution is 5.88. The Balaban J connectivity index is 0.00000121. The third-order valence-electron chi connectivity index (χ3n) is 1.62. The quantitative estimate of drug-likeness (QED) is 0.653. The van der Waals surface area contributed by atoms with E-state index in [1.165, 1.54) is 6.08 Å². The summed E-state index contributed by atoms with van der Waals surface area (Å²) in [6.45, 7) is 0. The molecule has 0 aromatic heterocycles. The van der Waals surface area contributed by atoms with E-state index in [1.807, 2.05) is 0 Å². The standard InChI is InChI=1S/C7H8FNO2.ClH/c8-3-5-1-4(7(10)11)2-6(5)9;/h2-3,6H,1,9H2,(H,10,11);1H. The van der Waals surface area contributed by atoms with E-state index in [0.29, 0.717) is 11.9 Å². The second-order valence-electron chi connectivity index (χ2n) is 2.38. The zero-order chi connectivity index (χ0) is 8.43. The van der Waals surface area contributed by atoms with E-state index in [2.05, 4.69) is 0 Å². The van der Waals surface area contributed by atoms with Gasteiger partial charge in [-0.25, -0.2) is 9.18 Å². The number of carboxylic acids is 1. The van der Waals surface area contributed by atoms with E-state index in [9.17, 15) is 9.18 Å². The molecule has 0 aromatic carbocycles. The van der Waals surface area contributed by atoms with E-state index in [1.54, 1.807) is 0 Å². The lowest BCUT2D eigenvalue weighted by Crippen LogP contribution is -2.15. The van der Waals surface area contributed by atoms with Crippen molar-refractivity contribution in [1.82, 2.24) is 0 Å². The van der Waals surface area contributed by atoms with Crippen LogP contribution in [0.25, 0.3) is 0 Å². The lowest BCUT2D eigenvalue weighted by atomic mass is 10.1. The third kappa shape index (κ3) is 2.06. The molecule has 0 bridgehead atoms.